The van der Waals surface area contributed by atoms with Gasteiger partial charge in [-0.05, 0) is 74.2 Å². The number of aromatic amines is 1. The number of piperidine rings is 1. The third kappa shape index (κ3) is 5.83. The van der Waals surface area contributed by atoms with Gasteiger partial charge in [0.15, 0.2) is 6.10 Å². The summed E-state index contributed by atoms with van der Waals surface area (Å²) in [6.45, 7) is 8.16. The number of para-hydroxylation sites is 1. The molecule has 6 heterocycles. The molecule has 9 rings (SSSR count). The summed E-state index contributed by atoms with van der Waals surface area (Å²) < 4.78 is 23.7. The van der Waals surface area contributed by atoms with Crippen LogP contribution in [0.4, 0.5) is 5.69 Å². The van der Waals surface area contributed by atoms with Gasteiger partial charge in [0.05, 0.1) is 38.7 Å². The molecule has 1 spiro atoms. The number of fused-ring (bicyclic) bond motifs is 6. The summed E-state index contributed by atoms with van der Waals surface area (Å²) >= 11 is 0. The second kappa shape index (κ2) is 15.5. The standard InChI is InChI=1S/C46H56N4O10.Pb/c1-7-42(55)22-28-23-45(40(53)58-5,36-30(14-18-48(24-28)25-42)29-12-9-10-13-33(29)47-36)32-20-31-34(21-35(32)57-4)50(26-51)38-44(31)16-19-49-17-11-15-43(8-2,37(44)49)39(60-27(3)52)46(38,56)41(54)59-6;/h9-13,15,20-21,26,28,37-39,47,55-56H,7-8,14,16-19,22-25H2,1-6H3;/t28-,37+,38-,39-,42+,43-,44-,45+,46+;/m1./s1. The van der Waals surface area contributed by atoms with Crippen molar-refractivity contribution < 1.29 is 48.3 Å². The number of carbonyl (C=O) groups is 4. The van der Waals surface area contributed by atoms with Gasteiger partial charge in [-0.15, -0.1) is 0 Å². The number of hydrogen-bond donors (Lipinski definition) is 3. The molecule has 15 heteroatoms. The number of aromatic nitrogens is 1. The van der Waals surface area contributed by atoms with E-state index in [9.17, 15) is 24.6 Å². The number of ether oxygens (including phenoxy) is 4. The van der Waals surface area contributed by atoms with Crippen molar-refractivity contribution in [1.29, 1.82) is 0 Å². The Hall–Kier alpha value is -3.84. The van der Waals surface area contributed by atoms with Crippen LogP contribution in [0, 0.1) is 11.3 Å². The number of H-pyrrole nitrogens is 1. The minimum atomic E-state index is -2.53. The number of carbonyl (C=O) groups excluding carboxylic acids is 4. The molecule has 1 amide bonds. The van der Waals surface area contributed by atoms with Crippen molar-refractivity contribution in [1.82, 2.24) is 14.8 Å². The monoisotopic (exact) mass is 1030 g/mol. The Morgan fingerprint density at radius 1 is 0.967 bits per heavy atom. The van der Waals surface area contributed by atoms with Crippen molar-refractivity contribution >= 4 is 68.2 Å². The first kappa shape index (κ1) is 43.8. The van der Waals surface area contributed by atoms with Gasteiger partial charge >= 0.3 is 17.9 Å². The minimum Gasteiger partial charge on any atom is -0.496 e. The van der Waals surface area contributed by atoms with Gasteiger partial charge in [-0.25, -0.2) is 4.79 Å². The second-order valence-corrected chi connectivity index (χ2v) is 18.1. The molecule has 2 aromatic carbocycles. The van der Waals surface area contributed by atoms with E-state index >= 15 is 4.79 Å². The van der Waals surface area contributed by atoms with E-state index in [1.54, 1.807) is 6.07 Å². The quantitative estimate of drug-likeness (QED) is 0.0993. The molecule has 3 aromatic rings. The predicted octanol–water partition coefficient (Wildman–Crippen LogP) is 3.14. The van der Waals surface area contributed by atoms with Crippen molar-refractivity contribution in [2.24, 2.45) is 11.3 Å². The molecule has 2 saturated heterocycles. The number of esters is 3. The maximum absolute atomic E-state index is 15.3. The maximum atomic E-state index is 15.3. The van der Waals surface area contributed by atoms with Gasteiger partial charge in [-0.2, -0.15) is 0 Å². The van der Waals surface area contributed by atoms with E-state index in [1.807, 2.05) is 50.3 Å². The third-order valence-electron chi connectivity index (χ3n) is 15.5. The molecule has 2 bridgehead atoms. The number of benzene rings is 2. The van der Waals surface area contributed by atoms with E-state index in [0.29, 0.717) is 99.5 Å². The summed E-state index contributed by atoms with van der Waals surface area (Å²) in [7, 11) is 4.09. The minimum absolute atomic E-state index is 0. The maximum Gasteiger partial charge on any atom is 0.344 e. The van der Waals surface area contributed by atoms with Crippen LogP contribution < -0.4 is 9.64 Å². The average Bonchev–Trinajstić information content (AvgIpc) is 3.92. The van der Waals surface area contributed by atoms with Crippen LogP contribution in [0.3, 0.4) is 0 Å². The molecular formula is C46H56N4O10Pb. The Morgan fingerprint density at radius 3 is 2.39 bits per heavy atom. The first-order valence-electron chi connectivity index (χ1n) is 21.3. The van der Waals surface area contributed by atoms with Crippen LogP contribution in [0.15, 0.2) is 48.6 Å². The Labute approximate surface area is 376 Å². The molecule has 14 nitrogen and oxygen atoms in total. The number of rotatable bonds is 8. The molecule has 1 aromatic heterocycles. The fourth-order valence-corrected chi connectivity index (χ4v) is 13.4. The normalized spacial score (nSPS) is 35.9. The van der Waals surface area contributed by atoms with Crippen LogP contribution in [-0.4, -0.2) is 160 Å². The van der Waals surface area contributed by atoms with Gasteiger partial charge in [-0.1, -0.05) is 44.2 Å². The molecule has 1 unspecified atom stereocenters. The molecule has 4 radical (unpaired) electrons. The van der Waals surface area contributed by atoms with Crippen LogP contribution in [0.5, 0.6) is 5.75 Å². The van der Waals surface area contributed by atoms with Gasteiger partial charge in [0, 0.05) is 106 Å². The number of nitrogens with zero attached hydrogens (tertiary/aromatic N) is 3. The Morgan fingerprint density at radius 2 is 1.72 bits per heavy atom. The van der Waals surface area contributed by atoms with E-state index in [0.717, 1.165) is 16.5 Å². The van der Waals surface area contributed by atoms with E-state index in [4.69, 9.17) is 18.9 Å². The van der Waals surface area contributed by atoms with Crippen molar-refractivity contribution in [3.63, 3.8) is 0 Å². The SMILES string of the molecule is CC[C@]1(O)C[C@H]2CN(CCc3c([nH]c4ccccc34)[C@@](C(=O)OC)(c3cc4c(cc3OC)N(C=O)[C@H]3[C@@](O)(C(=O)OC)[C@H](OC(C)=O)[C@]5(CC)C=CCN6CC[C@]43[C@@H]65)C2)C1.[Pb]. The second-order valence-electron chi connectivity index (χ2n) is 18.1. The molecule has 1 aliphatic carbocycles. The number of aliphatic hydroxyl groups is 2. The largest absolute Gasteiger partial charge is 0.496 e. The Bertz CT molecular complexity index is 2320. The summed E-state index contributed by atoms with van der Waals surface area (Å²) in [5.74, 6) is -2.06. The molecule has 61 heavy (non-hydrogen) atoms. The molecule has 3 N–H and O–H groups in total. The van der Waals surface area contributed by atoms with Gasteiger partial charge in [-0.3, -0.25) is 24.2 Å². The Kier molecular flexibility index (Phi) is 11.1. The molecule has 10 atom stereocenters. The number of nitrogens with one attached hydrogen (secondary N) is 1. The molecule has 1 saturated carbocycles. The summed E-state index contributed by atoms with van der Waals surface area (Å²) in [6.07, 6.45) is 5.83. The molecule has 324 valence electrons. The zero-order valence-electron chi connectivity index (χ0n) is 35.8. The van der Waals surface area contributed by atoms with Crippen molar-refractivity contribution in [3.05, 3.63) is 70.9 Å². The van der Waals surface area contributed by atoms with Gasteiger partial charge in [0.25, 0.3) is 0 Å². The van der Waals surface area contributed by atoms with Gasteiger partial charge in [0.2, 0.25) is 12.0 Å². The van der Waals surface area contributed by atoms with Crippen LogP contribution in [0.25, 0.3) is 10.9 Å². The molecule has 5 aliphatic heterocycles. The van der Waals surface area contributed by atoms with E-state index in [1.165, 1.54) is 33.2 Å². The van der Waals surface area contributed by atoms with Gasteiger partial charge in [0.1, 0.15) is 11.2 Å². The summed E-state index contributed by atoms with van der Waals surface area (Å²) in [5, 5.41) is 26.3. The van der Waals surface area contributed by atoms with Crippen molar-refractivity contribution in [2.45, 2.75) is 99.5 Å². The fourth-order valence-electron chi connectivity index (χ4n) is 13.4. The number of methoxy groups -OCH3 is 3. The number of hydrogen-bond acceptors (Lipinski definition) is 12. The van der Waals surface area contributed by atoms with Crippen LogP contribution in [0.1, 0.15) is 75.3 Å². The summed E-state index contributed by atoms with van der Waals surface area (Å²) in [4.78, 5) is 66.1. The van der Waals surface area contributed by atoms with Crippen LogP contribution in [-0.2, 0) is 50.6 Å². The van der Waals surface area contributed by atoms with Gasteiger partial charge < -0.3 is 39.0 Å². The number of amides is 1. The van der Waals surface area contributed by atoms with Crippen LogP contribution >= 0.6 is 0 Å². The smallest absolute Gasteiger partial charge is 0.344 e. The zero-order valence-corrected chi connectivity index (χ0v) is 39.7. The molecule has 3 fully saturated rings. The van der Waals surface area contributed by atoms with Crippen molar-refractivity contribution in [2.75, 3.05) is 59.0 Å². The first-order chi connectivity index (χ1) is 28.8. The average molecular weight is 1030 g/mol. The van der Waals surface area contributed by atoms with Crippen molar-refractivity contribution in [3.8, 4) is 5.75 Å². The predicted molar refractivity (Wildman–Crippen MR) is 226 cm³/mol. The van der Waals surface area contributed by atoms with Crippen LogP contribution in [0.2, 0.25) is 0 Å². The summed E-state index contributed by atoms with van der Waals surface area (Å²) in [6, 6.07) is 9.97. The third-order valence-corrected chi connectivity index (χ3v) is 15.5. The Balaban J connectivity index is 0.00000514. The zero-order chi connectivity index (χ0) is 42.6. The number of anilines is 1. The fraction of sp³-hybridized carbons (Fsp3) is 0.565. The van der Waals surface area contributed by atoms with E-state index in [-0.39, 0.29) is 39.6 Å². The summed E-state index contributed by atoms with van der Waals surface area (Å²) in [5.41, 5.74) is -3.15. The molecular weight excluding hydrogens is 976 g/mol. The topological polar surface area (TPSA) is 171 Å². The first-order valence-corrected chi connectivity index (χ1v) is 21.3. The van der Waals surface area contributed by atoms with E-state index < -0.39 is 63.5 Å². The molecule has 6 aliphatic rings. The van der Waals surface area contributed by atoms with E-state index in [2.05, 4.69) is 20.9 Å².